The van der Waals surface area contributed by atoms with Crippen LogP contribution in [0.25, 0.3) is 16.2 Å². The summed E-state index contributed by atoms with van der Waals surface area (Å²) in [7, 11) is 3.74. The van der Waals surface area contributed by atoms with Gasteiger partial charge in [-0.3, -0.25) is 0 Å². The standard InChI is InChI=1S/C27H32FN9OS2/c1-7-19-22(35(6)24-31-21(20(14-29)39-24)16-8-10-17(28)11-9-16)37-25(30-19)40-26(33-37)36-13-12-18(15-36)34(5)23(38)32-27(2,3)4/h8-11,18H,7,12-13,15H2,1-6H3,(H,32,38)/t18-/m1/s1. The lowest BCUT2D eigenvalue weighted by Crippen LogP contribution is -2.50. The molecule has 1 fully saturated rings. The van der Waals surface area contributed by atoms with Gasteiger partial charge in [-0.25, -0.2) is 19.2 Å². The van der Waals surface area contributed by atoms with Gasteiger partial charge in [0.05, 0.1) is 11.7 Å². The lowest BCUT2D eigenvalue weighted by Gasteiger charge is -2.29. The first-order chi connectivity index (χ1) is 19.0. The average molecular weight is 582 g/mol. The molecule has 3 aromatic heterocycles. The summed E-state index contributed by atoms with van der Waals surface area (Å²) in [6.45, 7) is 9.44. The summed E-state index contributed by atoms with van der Waals surface area (Å²) in [4.78, 5) is 29.4. The highest BCUT2D eigenvalue weighted by Gasteiger charge is 2.32. The number of benzene rings is 1. The number of hydrogen-bond donors (Lipinski definition) is 1. The van der Waals surface area contributed by atoms with Gasteiger partial charge in [0.2, 0.25) is 10.1 Å². The van der Waals surface area contributed by atoms with Crippen molar-refractivity contribution in [1.29, 1.82) is 5.26 Å². The first kappa shape index (κ1) is 27.8. The Balaban J connectivity index is 1.41. The topological polar surface area (TPSA) is 106 Å². The van der Waals surface area contributed by atoms with Crippen LogP contribution in [0.1, 0.15) is 44.7 Å². The molecule has 0 spiro atoms. The summed E-state index contributed by atoms with van der Waals surface area (Å²) < 4.78 is 15.3. The first-order valence-electron chi connectivity index (χ1n) is 13.1. The number of carbonyl (C=O) groups is 1. The maximum Gasteiger partial charge on any atom is 0.317 e. The van der Waals surface area contributed by atoms with E-state index in [0.717, 1.165) is 34.6 Å². The van der Waals surface area contributed by atoms with E-state index in [1.807, 2.05) is 51.2 Å². The number of thiazole rings is 1. The number of likely N-dealkylation sites (N-methyl/N-ethyl adjacent to an activating group) is 1. The van der Waals surface area contributed by atoms with E-state index in [9.17, 15) is 14.4 Å². The Kier molecular flexibility index (Phi) is 7.41. The molecule has 40 heavy (non-hydrogen) atoms. The van der Waals surface area contributed by atoms with E-state index in [1.165, 1.54) is 34.8 Å². The second kappa shape index (κ2) is 10.7. The number of anilines is 3. The summed E-state index contributed by atoms with van der Waals surface area (Å²) in [5.74, 6) is 0.453. The minimum atomic E-state index is -0.340. The summed E-state index contributed by atoms with van der Waals surface area (Å²) in [5, 5.41) is 19.2. The number of imidazole rings is 1. The van der Waals surface area contributed by atoms with Crippen LogP contribution in [-0.2, 0) is 6.42 Å². The number of hydrogen-bond acceptors (Lipinski definition) is 9. The third kappa shape index (κ3) is 5.33. The van der Waals surface area contributed by atoms with Crippen molar-refractivity contribution in [3.63, 3.8) is 0 Å². The van der Waals surface area contributed by atoms with Gasteiger partial charge in [0, 0.05) is 38.3 Å². The molecule has 0 radical (unpaired) electrons. The number of rotatable bonds is 6. The molecule has 13 heteroatoms. The fourth-order valence-corrected chi connectivity index (χ4v) is 6.50. The molecular weight excluding hydrogens is 549 g/mol. The van der Waals surface area contributed by atoms with Crippen molar-refractivity contribution in [2.24, 2.45) is 0 Å². The fourth-order valence-electron chi connectivity index (χ4n) is 4.70. The molecule has 0 aliphatic carbocycles. The second-order valence-corrected chi connectivity index (χ2v) is 12.8. The highest BCUT2D eigenvalue weighted by molar-refractivity contribution is 7.20. The van der Waals surface area contributed by atoms with E-state index in [0.29, 0.717) is 34.2 Å². The zero-order valence-corrected chi connectivity index (χ0v) is 25.0. The van der Waals surface area contributed by atoms with Gasteiger partial charge in [-0.05, 0) is 57.9 Å². The van der Waals surface area contributed by atoms with E-state index in [-0.39, 0.29) is 23.4 Å². The molecule has 210 valence electrons. The summed E-state index contributed by atoms with van der Waals surface area (Å²) in [5.41, 5.74) is 1.79. The lowest BCUT2D eigenvalue weighted by molar-refractivity contribution is 0.185. The molecule has 1 atom stereocenters. The zero-order chi connectivity index (χ0) is 28.8. The Labute approximate surface area is 240 Å². The van der Waals surface area contributed by atoms with Crippen LogP contribution in [0, 0.1) is 17.1 Å². The fraction of sp³-hybridized carbons (Fsp3) is 0.444. The van der Waals surface area contributed by atoms with E-state index in [4.69, 9.17) is 15.1 Å². The normalized spacial score (nSPS) is 15.4. The van der Waals surface area contributed by atoms with Crippen LogP contribution in [0.3, 0.4) is 0 Å². The molecule has 4 heterocycles. The number of aromatic nitrogens is 4. The van der Waals surface area contributed by atoms with Gasteiger partial charge < -0.3 is 20.0 Å². The highest BCUT2D eigenvalue weighted by atomic mass is 32.1. The average Bonchev–Trinajstić information content (AvgIpc) is 3.69. The van der Waals surface area contributed by atoms with E-state index < -0.39 is 0 Å². The largest absolute Gasteiger partial charge is 0.345 e. The van der Waals surface area contributed by atoms with E-state index in [2.05, 4.69) is 16.3 Å². The van der Waals surface area contributed by atoms with Crippen LogP contribution in [-0.4, -0.2) is 69.3 Å². The van der Waals surface area contributed by atoms with Gasteiger partial charge in [-0.1, -0.05) is 29.6 Å². The van der Waals surface area contributed by atoms with Crippen molar-refractivity contribution >= 4 is 49.7 Å². The van der Waals surface area contributed by atoms with E-state index >= 15 is 0 Å². The maximum absolute atomic E-state index is 13.5. The molecule has 0 unspecified atom stereocenters. The van der Waals surface area contributed by atoms with Crippen molar-refractivity contribution in [2.45, 2.75) is 52.1 Å². The Morgan fingerprint density at radius 3 is 2.60 bits per heavy atom. The number of fused-ring (bicyclic) bond motifs is 1. The third-order valence-electron chi connectivity index (χ3n) is 6.80. The molecule has 1 aliphatic heterocycles. The maximum atomic E-state index is 13.5. The molecule has 1 aliphatic rings. The molecule has 10 nitrogen and oxygen atoms in total. The molecule has 0 saturated carbocycles. The number of carbonyl (C=O) groups excluding carboxylic acids is 1. The summed E-state index contributed by atoms with van der Waals surface area (Å²) >= 11 is 2.79. The zero-order valence-electron chi connectivity index (χ0n) is 23.4. The number of nitrogens with one attached hydrogen (secondary N) is 1. The monoisotopic (exact) mass is 581 g/mol. The SMILES string of the molecule is CCc1nc2sc(N3CC[C@@H](N(C)C(=O)NC(C)(C)C)C3)nn2c1N(C)c1nc(-c2ccc(F)cc2)c(C#N)s1. The van der Waals surface area contributed by atoms with Gasteiger partial charge in [-0.15, -0.1) is 5.10 Å². The molecule has 4 aromatic rings. The third-order valence-corrected chi connectivity index (χ3v) is 8.80. The van der Waals surface area contributed by atoms with Crippen molar-refractivity contribution in [2.75, 3.05) is 37.0 Å². The number of nitrogens with zero attached hydrogens (tertiary/aromatic N) is 8. The van der Waals surface area contributed by atoms with Crippen LogP contribution >= 0.6 is 22.7 Å². The van der Waals surface area contributed by atoms with Gasteiger partial charge >= 0.3 is 6.03 Å². The Morgan fingerprint density at radius 1 is 1.23 bits per heavy atom. The first-order valence-corrected chi connectivity index (χ1v) is 14.7. The number of halogens is 1. The summed E-state index contributed by atoms with van der Waals surface area (Å²) in [6, 6.07) is 8.22. The van der Waals surface area contributed by atoms with Crippen LogP contribution in [0.5, 0.6) is 0 Å². The van der Waals surface area contributed by atoms with Crippen molar-refractivity contribution in [3.8, 4) is 17.3 Å². The molecule has 5 rings (SSSR count). The molecular formula is C27H32FN9OS2. The molecule has 1 aromatic carbocycles. The Hall–Kier alpha value is -3.76. The van der Waals surface area contributed by atoms with Crippen LogP contribution in [0.15, 0.2) is 24.3 Å². The number of urea groups is 1. The predicted octanol–water partition coefficient (Wildman–Crippen LogP) is 5.27. The Morgan fingerprint density at radius 2 is 1.95 bits per heavy atom. The molecule has 2 amide bonds. The van der Waals surface area contributed by atoms with Gasteiger partial charge in [-0.2, -0.15) is 9.78 Å². The second-order valence-electron chi connectivity index (χ2n) is 10.8. The minimum absolute atomic E-state index is 0.0787. The van der Waals surface area contributed by atoms with E-state index in [1.54, 1.807) is 17.0 Å². The number of nitriles is 1. The predicted molar refractivity (Wildman–Crippen MR) is 157 cm³/mol. The van der Waals surface area contributed by atoms with Gasteiger partial charge in [0.1, 0.15) is 22.5 Å². The molecule has 1 saturated heterocycles. The molecule has 0 bridgehead atoms. The van der Waals surface area contributed by atoms with Crippen LogP contribution < -0.4 is 15.1 Å². The van der Waals surface area contributed by atoms with Gasteiger partial charge in [0.25, 0.3) is 0 Å². The highest BCUT2D eigenvalue weighted by Crippen LogP contribution is 2.38. The quantitative estimate of drug-likeness (QED) is 0.331. The van der Waals surface area contributed by atoms with Crippen molar-refractivity contribution in [3.05, 3.63) is 40.7 Å². The Bertz CT molecular complexity index is 1580. The summed E-state index contributed by atoms with van der Waals surface area (Å²) in [6.07, 6.45) is 1.55. The number of amides is 2. The smallest absolute Gasteiger partial charge is 0.317 e. The lowest BCUT2D eigenvalue weighted by atomic mass is 10.1. The van der Waals surface area contributed by atoms with Crippen LogP contribution in [0.4, 0.5) is 25.3 Å². The van der Waals surface area contributed by atoms with Crippen molar-refractivity contribution in [1.82, 2.24) is 29.8 Å². The minimum Gasteiger partial charge on any atom is -0.345 e. The van der Waals surface area contributed by atoms with Crippen molar-refractivity contribution < 1.29 is 9.18 Å². The number of aryl methyl sites for hydroxylation is 1. The van der Waals surface area contributed by atoms with Gasteiger partial charge in [0.15, 0.2) is 10.9 Å². The van der Waals surface area contributed by atoms with Crippen LogP contribution in [0.2, 0.25) is 0 Å². The molecule has 1 N–H and O–H groups in total.